The number of carbonyl (C=O) groups excluding carboxylic acids is 1. The van der Waals surface area contributed by atoms with Gasteiger partial charge in [-0.2, -0.15) is 0 Å². The van der Waals surface area contributed by atoms with E-state index in [4.69, 9.17) is 0 Å². The zero-order valence-corrected chi connectivity index (χ0v) is 28.8. The summed E-state index contributed by atoms with van der Waals surface area (Å²) in [6, 6.07) is 0. The third-order valence-electron chi connectivity index (χ3n) is 8.73. The van der Waals surface area contributed by atoms with Crippen LogP contribution in [0.15, 0.2) is 142 Å². The van der Waals surface area contributed by atoms with Gasteiger partial charge in [0, 0.05) is 5.41 Å². The molecule has 0 heterocycles. The SMILES string of the molecule is C=C[C@@]1(C)C[C@H](O)C(=O)C(C)=C1/C=C/C(C)=C/C=C/C(C)=C/C=C/C=C(C)/C=C/C=C(C)/C=C/C1=C(C)C(O)[C@@H](O)CC1(C)C. The highest BCUT2D eigenvalue weighted by Gasteiger charge is 2.38. The lowest BCUT2D eigenvalue weighted by molar-refractivity contribution is -0.125. The third-order valence-corrected chi connectivity index (χ3v) is 8.73. The quantitative estimate of drug-likeness (QED) is 0.161. The number of hydrogen-bond acceptors (Lipinski definition) is 4. The minimum absolute atomic E-state index is 0.187. The Morgan fingerprint density at radius 2 is 1.16 bits per heavy atom. The van der Waals surface area contributed by atoms with Gasteiger partial charge in [-0.25, -0.2) is 0 Å². The van der Waals surface area contributed by atoms with E-state index in [1.807, 2.05) is 82.4 Å². The van der Waals surface area contributed by atoms with E-state index < -0.39 is 23.7 Å². The molecular weight excluding hydrogens is 556 g/mol. The van der Waals surface area contributed by atoms with E-state index in [2.05, 4.69) is 70.7 Å². The number of carbonyl (C=O) groups is 1. The van der Waals surface area contributed by atoms with Crippen molar-refractivity contribution in [2.24, 2.45) is 10.8 Å². The fourth-order valence-electron chi connectivity index (χ4n) is 5.78. The highest BCUT2D eigenvalue weighted by Crippen LogP contribution is 2.42. The Bertz CT molecular complexity index is 1460. The Kier molecular flexibility index (Phi) is 13.9. The predicted molar refractivity (Wildman–Crippen MR) is 190 cm³/mol. The minimum atomic E-state index is -0.971. The van der Waals surface area contributed by atoms with Gasteiger partial charge >= 0.3 is 0 Å². The molecule has 4 heteroatoms. The number of rotatable bonds is 11. The van der Waals surface area contributed by atoms with Crippen LogP contribution in [0.5, 0.6) is 0 Å². The van der Waals surface area contributed by atoms with Crippen LogP contribution < -0.4 is 0 Å². The Hall–Kier alpha value is -3.57. The lowest BCUT2D eigenvalue weighted by Gasteiger charge is -2.38. The molecule has 2 aliphatic rings. The monoisotopic (exact) mass is 610 g/mol. The second kappa shape index (κ2) is 16.7. The van der Waals surface area contributed by atoms with Crippen molar-refractivity contribution < 1.29 is 20.1 Å². The van der Waals surface area contributed by atoms with Gasteiger partial charge in [-0.15, -0.1) is 6.58 Å². The highest BCUT2D eigenvalue weighted by molar-refractivity contribution is 6.00. The van der Waals surface area contributed by atoms with Gasteiger partial charge in [-0.05, 0) is 82.1 Å². The van der Waals surface area contributed by atoms with Gasteiger partial charge in [0.2, 0.25) is 0 Å². The summed E-state index contributed by atoms with van der Waals surface area (Å²) in [5.74, 6) is -0.210. The standard InChI is InChI=1S/C41H54O4/c1-11-41(10)27-37(43)39(45)33(7)35(41)25-23-31(5)21-15-19-29(3)17-13-12-16-28(2)18-14-20-30(4)22-24-34-32(6)38(44)36(42)26-40(34,8)9/h11-25,36-38,42-44H,1,26-27H2,2-10H3/b13-12+,18-14+,19-15+,24-22+,25-23+,28-16+,29-17+,30-20+,31-21+/t36-,37-,38?,41-/m0/s1. The van der Waals surface area contributed by atoms with E-state index >= 15 is 0 Å². The zero-order valence-electron chi connectivity index (χ0n) is 28.8. The number of Topliss-reactive ketones (excluding diaryl/α,β-unsaturated/α-hetero) is 1. The van der Waals surface area contributed by atoms with Crippen LogP contribution in [0.25, 0.3) is 0 Å². The summed E-state index contributed by atoms with van der Waals surface area (Å²) < 4.78 is 0. The summed E-state index contributed by atoms with van der Waals surface area (Å²) in [7, 11) is 0. The predicted octanol–water partition coefficient (Wildman–Crippen LogP) is 8.86. The fourth-order valence-corrected chi connectivity index (χ4v) is 5.78. The van der Waals surface area contributed by atoms with E-state index in [1.165, 1.54) is 0 Å². The van der Waals surface area contributed by atoms with Crippen LogP contribution >= 0.6 is 0 Å². The summed E-state index contributed by atoms with van der Waals surface area (Å²) >= 11 is 0. The van der Waals surface area contributed by atoms with Crippen LogP contribution in [0, 0.1) is 10.8 Å². The molecule has 0 radical (unpaired) electrons. The van der Waals surface area contributed by atoms with Gasteiger partial charge in [-0.1, -0.05) is 134 Å². The Balaban J connectivity index is 1.97. The molecule has 0 aromatic rings. The third kappa shape index (κ3) is 10.8. The molecule has 0 saturated heterocycles. The first-order valence-corrected chi connectivity index (χ1v) is 15.7. The summed E-state index contributed by atoms with van der Waals surface area (Å²) in [4.78, 5) is 12.3. The molecule has 45 heavy (non-hydrogen) atoms. The summed E-state index contributed by atoms with van der Waals surface area (Å²) in [6.07, 6.45) is 28.7. The lowest BCUT2D eigenvalue weighted by atomic mass is 9.69. The molecule has 0 bridgehead atoms. The molecule has 4 atom stereocenters. The summed E-state index contributed by atoms with van der Waals surface area (Å²) in [5, 5.41) is 30.5. The molecule has 0 fully saturated rings. The largest absolute Gasteiger partial charge is 0.390 e. The van der Waals surface area contributed by atoms with Crippen molar-refractivity contribution in [2.75, 3.05) is 0 Å². The van der Waals surface area contributed by atoms with E-state index in [0.717, 1.165) is 39.0 Å². The van der Waals surface area contributed by atoms with Gasteiger partial charge in [0.25, 0.3) is 0 Å². The Morgan fingerprint density at radius 1 is 0.711 bits per heavy atom. The van der Waals surface area contributed by atoms with Gasteiger partial charge < -0.3 is 15.3 Å². The zero-order chi connectivity index (χ0) is 33.9. The molecule has 0 aromatic heterocycles. The van der Waals surface area contributed by atoms with Crippen LogP contribution in [-0.2, 0) is 4.79 Å². The van der Waals surface area contributed by atoms with Crippen molar-refractivity contribution in [1.29, 1.82) is 0 Å². The maximum atomic E-state index is 12.3. The number of hydrogen-bond donors (Lipinski definition) is 3. The molecule has 2 rings (SSSR count). The average Bonchev–Trinajstić information content (AvgIpc) is 2.96. The van der Waals surface area contributed by atoms with Crippen LogP contribution in [0.3, 0.4) is 0 Å². The van der Waals surface area contributed by atoms with Gasteiger partial charge in [-0.3, -0.25) is 4.79 Å². The van der Waals surface area contributed by atoms with Crippen molar-refractivity contribution >= 4 is 5.78 Å². The second-order valence-corrected chi connectivity index (χ2v) is 13.4. The molecule has 4 nitrogen and oxygen atoms in total. The number of ketones is 1. The summed E-state index contributed by atoms with van der Waals surface area (Å²) in [5.41, 5.74) is 7.19. The van der Waals surface area contributed by atoms with Crippen molar-refractivity contribution in [3.05, 3.63) is 142 Å². The van der Waals surface area contributed by atoms with Crippen LogP contribution in [0.2, 0.25) is 0 Å². The van der Waals surface area contributed by atoms with Crippen LogP contribution in [0.1, 0.15) is 75.2 Å². The molecule has 0 spiro atoms. The molecule has 0 aromatic carbocycles. The first-order valence-electron chi connectivity index (χ1n) is 15.7. The van der Waals surface area contributed by atoms with E-state index in [-0.39, 0.29) is 11.2 Å². The van der Waals surface area contributed by atoms with E-state index in [0.29, 0.717) is 18.4 Å². The molecule has 1 unspecified atom stereocenters. The molecule has 0 saturated carbocycles. The Morgan fingerprint density at radius 3 is 1.64 bits per heavy atom. The molecular formula is C41H54O4. The summed E-state index contributed by atoms with van der Waals surface area (Å²) in [6.45, 7) is 22.0. The molecule has 2 aliphatic carbocycles. The highest BCUT2D eigenvalue weighted by atomic mass is 16.3. The minimum Gasteiger partial charge on any atom is -0.390 e. The second-order valence-electron chi connectivity index (χ2n) is 13.4. The molecule has 242 valence electrons. The smallest absolute Gasteiger partial charge is 0.187 e. The number of allylic oxidation sites excluding steroid dienone is 21. The van der Waals surface area contributed by atoms with Crippen LogP contribution in [0.4, 0.5) is 0 Å². The van der Waals surface area contributed by atoms with Gasteiger partial charge in [0.15, 0.2) is 5.78 Å². The van der Waals surface area contributed by atoms with E-state index in [1.54, 1.807) is 6.92 Å². The van der Waals surface area contributed by atoms with Gasteiger partial charge in [0.05, 0.1) is 6.10 Å². The van der Waals surface area contributed by atoms with E-state index in [9.17, 15) is 20.1 Å². The molecule has 0 amide bonds. The molecule has 0 aliphatic heterocycles. The maximum absolute atomic E-state index is 12.3. The lowest BCUT2D eigenvalue weighted by Crippen LogP contribution is -2.38. The van der Waals surface area contributed by atoms with Crippen molar-refractivity contribution in [2.45, 2.75) is 93.5 Å². The Labute approximate surface area is 272 Å². The number of aliphatic hydroxyl groups excluding tert-OH is 3. The first kappa shape index (κ1) is 37.6. The normalized spacial score (nSPS) is 27.9. The van der Waals surface area contributed by atoms with Gasteiger partial charge in [0.1, 0.15) is 12.2 Å². The fraction of sp³-hybridized carbons (Fsp3) is 0.390. The maximum Gasteiger partial charge on any atom is 0.187 e. The topological polar surface area (TPSA) is 77.8 Å². The van der Waals surface area contributed by atoms with Crippen molar-refractivity contribution in [3.8, 4) is 0 Å². The molecule has 3 N–H and O–H groups in total. The van der Waals surface area contributed by atoms with Crippen LogP contribution in [-0.4, -0.2) is 39.4 Å². The average molecular weight is 611 g/mol. The first-order chi connectivity index (χ1) is 21.0. The number of aliphatic hydroxyl groups is 3. The van der Waals surface area contributed by atoms with Crippen molar-refractivity contribution in [1.82, 2.24) is 0 Å². The van der Waals surface area contributed by atoms with Crippen molar-refractivity contribution in [3.63, 3.8) is 0 Å².